The minimum Gasteiger partial charge on any atom is -0.508 e. The standard InChI is InChI=1S/C23H30N2O3/c1-24-19-12-22-6-7-25(13-14-2-3-14)20(8-15-4-5-17(26)10-18(15)22)23(22,28)11-16(19)9-21(24)27/h4-5,10,14,16,19-20,26,28H,2-3,6-9,11-13H2,1H3/t16-,19+,20-,22-,23-/m1/s1. The van der Waals surface area contributed by atoms with Crippen LogP contribution in [0.15, 0.2) is 18.2 Å². The molecule has 2 heterocycles. The summed E-state index contributed by atoms with van der Waals surface area (Å²) in [5.41, 5.74) is 1.25. The van der Waals surface area contributed by atoms with Gasteiger partial charge in [-0.25, -0.2) is 0 Å². The highest BCUT2D eigenvalue weighted by Gasteiger charge is 2.67. The van der Waals surface area contributed by atoms with E-state index in [1.165, 1.54) is 18.4 Å². The van der Waals surface area contributed by atoms with Crippen LogP contribution in [0, 0.1) is 11.8 Å². The third kappa shape index (κ3) is 2.12. The Bertz CT molecular complexity index is 852. The second-order valence-corrected chi connectivity index (χ2v) is 10.2. The van der Waals surface area contributed by atoms with Crippen molar-refractivity contribution in [3.05, 3.63) is 29.3 Å². The van der Waals surface area contributed by atoms with E-state index in [-0.39, 0.29) is 35.1 Å². The van der Waals surface area contributed by atoms with Crippen molar-refractivity contribution >= 4 is 5.91 Å². The van der Waals surface area contributed by atoms with Gasteiger partial charge in [-0.3, -0.25) is 9.69 Å². The fourth-order valence-electron chi connectivity index (χ4n) is 7.23. The second kappa shape index (κ2) is 5.51. The predicted molar refractivity (Wildman–Crippen MR) is 105 cm³/mol. The normalized spacial score (nSPS) is 42.1. The van der Waals surface area contributed by atoms with Gasteiger partial charge in [0.15, 0.2) is 0 Å². The topological polar surface area (TPSA) is 64.0 Å². The molecule has 150 valence electrons. The Labute approximate surface area is 166 Å². The molecular weight excluding hydrogens is 352 g/mol. The van der Waals surface area contributed by atoms with Crippen molar-refractivity contribution < 1.29 is 15.0 Å². The Kier molecular flexibility index (Phi) is 3.40. The van der Waals surface area contributed by atoms with Crippen molar-refractivity contribution in [2.45, 2.75) is 68.0 Å². The molecule has 0 aromatic heterocycles. The van der Waals surface area contributed by atoms with Crippen LogP contribution in [0.4, 0.5) is 0 Å². The van der Waals surface area contributed by atoms with Gasteiger partial charge >= 0.3 is 0 Å². The van der Waals surface area contributed by atoms with E-state index in [0.717, 1.165) is 43.8 Å². The molecule has 0 radical (unpaired) electrons. The van der Waals surface area contributed by atoms with Crippen LogP contribution < -0.4 is 0 Å². The highest BCUT2D eigenvalue weighted by Crippen LogP contribution is 2.61. The fourth-order valence-corrected chi connectivity index (χ4v) is 7.23. The van der Waals surface area contributed by atoms with Crippen LogP contribution in [0.5, 0.6) is 5.75 Å². The number of phenols is 1. The van der Waals surface area contributed by atoms with Gasteiger partial charge in [-0.2, -0.15) is 0 Å². The molecule has 5 atom stereocenters. The first kappa shape index (κ1) is 17.3. The average molecular weight is 383 g/mol. The average Bonchev–Trinajstić information content (AvgIpc) is 3.43. The molecule has 6 rings (SSSR count). The van der Waals surface area contributed by atoms with Crippen LogP contribution in [0.1, 0.15) is 49.7 Å². The van der Waals surface area contributed by atoms with Crippen molar-refractivity contribution in [3.8, 4) is 5.75 Å². The molecule has 2 saturated heterocycles. The molecule has 5 nitrogen and oxygen atoms in total. The molecule has 4 fully saturated rings. The molecule has 3 aliphatic carbocycles. The van der Waals surface area contributed by atoms with Crippen molar-refractivity contribution in [2.24, 2.45) is 11.8 Å². The molecule has 1 aromatic carbocycles. The number of hydrogen-bond donors (Lipinski definition) is 2. The number of hydrogen-bond acceptors (Lipinski definition) is 4. The van der Waals surface area contributed by atoms with Crippen LogP contribution in [0.25, 0.3) is 0 Å². The highest BCUT2D eigenvalue weighted by atomic mass is 16.3. The number of carbonyl (C=O) groups is 1. The SMILES string of the molecule is CN1C(=O)C[C@@H]2C[C@@]3(O)[C@H]4Cc5ccc(O)cc5[C@@]3(CCN4CC3CC3)C[C@@H]21. The van der Waals surface area contributed by atoms with Gasteiger partial charge in [0.05, 0.1) is 5.60 Å². The van der Waals surface area contributed by atoms with Crippen LogP contribution in [-0.2, 0) is 16.6 Å². The number of aliphatic hydroxyl groups is 1. The number of fused-ring (bicyclic) bond motifs is 2. The first-order chi connectivity index (χ1) is 13.4. The van der Waals surface area contributed by atoms with Crippen molar-refractivity contribution in [1.29, 1.82) is 0 Å². The van der Waals surface area contributed by atoms with Gasteiger partial charge in [-0.1, -0.05) is 6.07 Å². The summed E-state index contributed by atoms with van der Waals surface area (Å²) in [5.74, 6) is 1.55. The number of nitrogens with zero attached hydrogens (tertiary/aromatic N) is 2. The first-order valence-electron chi connectivity index (χ1n) is 11.0. The maximum absolute atomic E-state index is 12.5. The summed E-state index contributed by atoms with van der Waals surface area (Å²) in [6.07, 6.45) is 6.50. The zero-order valence-corrected chi connectivity index (χ0v) is 16.6. The third-order valence-electron chi connectivity index (χ3n) is 8.86. The molecule has 5 aliphatic rings. The van der Waals surface area contributed by atoms with Crippen LogP contribution in [-0.4, -0.2) is 63.7 Å². The molecule has 2 saturated carbocycles. The summed E-state index contributed by atoms with van der Waals surface area (Å²) in [4.78, 5) is 16.9. The quantitative estimate of drug-likeness (QED) is 0.822. The zero-order valence-electron chi connectivity index (χ0n) is 16.6. The Balaban J connectivity index is 1.50. The molecule has 0 unspecified atom stereocenters. The lowest BCUT2D eigenvalue weighted by atomic mass is 9.47. The maximum atomic E-state index is 12.5. The largest absolute Gasteiger partial charge is 0.508 e. The number of amides is 1. The van der Waals surface area contributed by atoms with Gasteiger partial charge in [0.2, 0.25) is 5.91 Å². The second-order valence-electron chi connectivity index (χ2n) is 10.2. The molecule has 1 amide bonds. The Morgan fingerprint density at radius 1 is 1.21 bits per heavy atom. The monoisotopic (exact) mass is 382 g/mol. The lowest BCUT2D eigenvalue weighted by Crippen LogP contribution is -2.75. The summed E-state index contributed by atoms with van der Waals surface area (Å²) in [6, 6.07) is 6.09. The summed E-state index contributed by atoms with van der Waals surface area (Å²) < 4.78 is 0. The minimum absolute atomic E-state index is 0.126. The van der Waals surface area contributed by atoms with Gasteiger partial charge in [0.1, 0.15) is 5.75 Å². The van der Waals surface area contributed by atoms with E-state index >= 15 is 0 Å². The van der Waals surface area contributed by atoms with Crippen molar-refractivity contribution in [3.63, 3.8) is 0 Å². The number of carbonyl (C=O) groups excluding carboxylic acids is 1. The van der Waals surface area contributed by atoms with Gasteiger partial charge in [0, 0.05) is 37.5 Å². The van der Waals surface area contributed by atoms with Gasteiger partial charge in [-0.15, -0.1) is 0 Å². The van der Waals surface area contributed by atoms with E-state index in [1.54, 1.807) is 6.07 Å². The number of phenolic OH excluding ortho intramolecular Hbond substituents is 1. The van der Waals surface area contributed by atoms with Gasteiger partial charge < -0.3 is 15.1 Å². The summed E-state index contributed by atoms with van der Waals surface area (Å²) in [5, 5.41) is 22.6. The molecule has 2 aliphatic heterocycles. The molecule has 2 N–H and O–H groups in total. The van der Waals surface area contributed by atoms with Gasteiger partial charge in [0.25, 0.3) is 0 Å². The molecule has 0 spiro atoms. The molecule has 5 heteroatoms. The zero-order chi connectivity index (χ0) is 19.3. The van der Waals surface area contributed by atoms with E-state index < -0.39 is 5.60 Å². The van der Waals surface area contributed by atoms with Crippen molar-refractivity contribution in [1.82, 2.24) is 9.80 Å². The third-order valence-corrected chi connectivity index (χ3v) is 8.86. The number of likely N-dealkylation sites (tertiary alicyclic amines) is 2. The van der Waals surface area contributed by atoms with E-state index in [1.807, 2.05) is 18.0 Å². The van der Waals surface area contributed by atoms with E-state index in [4.69, 9.17) is 0 Å². The molecule has 2 bridgehead atoms. The van der Waals surface area contributed by atoms with Crippen molar-refractivity contribution in [2.75, 3.05) is 20.1 Å². The number of aromatic hydroxyl groups is 1. The predicted octanol–water partition coefficient (Wildman–Crippen LogP) is 2.04. The number of benzene rings is 1. The first-order valence-corrected chi connectivity index (χ1v) is 11.0. The Morgan fingerprint density at radius 2 is 2.04 bits per heavy atom. The lowest BCUT2D eigenvalue weighted by Gasteiger charge is -2.65. The molecule has 28 heavy (non-hydrogen) atoms. The Morgan fingerprint density at radius 3 is 2.82 bits per heavy atom. The van der Waals surface area contributed by atoms with Crippen LogP contribution in [0.3, 0.4) is 0 Å². The van der Waals surface area contributed by atoms with E-state index in [0.29, 0.717) is 12.8 Å². The smallest absolute Gasteiger partial charge is 0.222 e. The Hall–Kier alpha value is -1.59. The number of rotatable bonds is 2. The molecular formula is C23H30N2O3. The van der Waals surface area contributed by atoms with E-state index in [9.17, 15) is 15.0 Å². The highest BCUT2D eigenvalue weighted by molar-refractivity contribution is 5.79. The van der Waals surface area contributed by atoms with E-state index in [2.05, 4.69) is 11.0 Å². The fraction of sp³-hybridized carbons (Fsp3) is 0.696. The van der Waals surface area contributed by atoms with Crippen LogP contribution >= 0.6 is 0 Å². The summed E-state index contributed by atoms with van der Waals surface area (Å²) in [7, 11) is 1.93. The summed E-state index contributed by atoms with van der Waals surface area (Å²) >= 11 is 0. The maximum Gasteiger partial charge on any atom is 0.222 e. The van der Waals surface area contributed by atoms with Crippen LogP contribution in [0.2, 0.25) is 0 Å². The minimum atomic E-state index is -0.812. The van der Waals surface area contributed by atoms with Gasteiger partial charge in [-0.05, 0) is 80.2 Å². The lowest BCUT2D eigenvalue weighted by molar-refractivity contribution is -0.183. The summed E-state index contributed by atoms with van der Waals surface area (Å²) in [6.45, 7) is 2.11. The molecule has 1 aromatic rings. The number of piperidine rings is 1.